The van der Waals surface area contributed by atoms with E-state index in [-0.39, 0.29) is 10.7 Å². The first-order valence-corrected chi connectivity index (χ1v) is 7.75. The maximum Gasteiger partial charge on any atom is 0.263 e. The molecule has 0 fully saturated rings. The zero-order valence-electron chi connectivity index (χ0n) is 11.7. The summed E-state index contributed by atoms with van der Waals surface area (Å²) in [6.45, 7) is 5.54. The number of aromatic amines is 1. The standard InChI is InChI=1S/C13H18N4O2S/c1-4-11-7-13(16-15-11)17-20(18,19)12-6-10(14)5-8(2)9(12)3/h5-7H,4,14H2,1-3H3,(H2,15,16,17). The molecule has 0 atom stereocenters. The molecule has 2 rings (SSSR count). The number of nitrogens with one attached hydrogen (secondary N) is 2. The van der Waals surface area contributed by atoms with Crippen LogP contribution in [0, 0.1) is 13.8 Å². The van der Waals surface area contributed by atoms with E-state index in [1.165, 1.54) is 6.07 Å². The molecule has 0 radical (unpaired) electrons. The van der Waals surface area contributed by atoms with Gasteiger partial charge in [-0.3, -0.25) is 9.82 Å². The van der Waals surface area contributed by atoms with Gasteiger partial charge in [-0.15, -0.1) is 0 Å². The molecule has 1 heterocycles. The first-order valence-electron chi connectivity index (χ1n) is 6.27. The lowest BCUT2D eigenvalue weighted by atomic mass is 10.1. The highest BCUT2D eigenvalue weighted by Gasteiger charge is 2.19. The minimum absolute atomic E-state index is 0.177. The van der Waals surface area contributed by atoms with Crippen LogP contribution in [0.25, 0.3) is 0 Å². The van der Waals surface area contributed by atoms with Gasteiger partial charge in [0.1, 0.15) is 0 Å². The molecule has 0 aliphatic heterocycles. The fourth-order valence-corrected chi connectivity index (χ4v) is 3.27. The monoisotopic (exact) mass is 294 g/mol. The number of H-pyrrole nitrogens is 1. The molecule has 1 aromatic carbocycles. The Kier molecular flexibility index (Phi) is 3.71. The van der Waals surface area contributed by atoms with Gasteiger partial charge in [0, 0.05) is 17.4 Å². The third kappa shape index (κ3) is 2.77. The number of hydrogen-bond donors (Lipinski definition) is 3. The summed E-state index contributed by atoms with van der Waals surface area (Å²) in [5.74, 6) is 0.279. The summed E-state index contributed by atoms with van der Waals surface area (Å²) in [5.41, 5.74) is 8.53. The molecule has 20 heavy (non-hydrogen) atoms. The van der Waals surface area contributed by atoms with Crippen molar-refractivity contribution in [1.82, 2.24) is 10.2 Å². The molecule has 108 valence electrons. The van der Waals surface area contributed by atoms with Crippen molar-refractivity contribution < 1.29 is 8.42 Å². The number of sulfonamides is 1. The van der Waals surface area contributed by atoms with Crippen LogP contribution in [0.3, 0.4) is 0 Å². The topological polar surface area (TPSA) is 101 Å². The Morgan fingerprint density at radius 3 is 2.60 bits per heavy atom. The maximum absolute atomic E-state index is 12.4. The van der Waals surface area contributed by atoms with Gasteiger partial charge in [0.15, 0.2) is 5.82 Å². The Labute approximate surface area is 118 Å². The minimum Gasteiger partial charge on any atom is -0.399 e. The van der Waals surface area contributed by atoms with Gasteiger partial charge in [0.25, 0.3) is 10.0 Å². The van der Waals surface area contributed by atoms with E-state index in [1.54, 1.807) is 19.1 Å². The SMILES string of the molecule is CCc1cc(NS(=O)(=O)c2cc(N)cc(C)c2C)n[nH]1. The van der Waals surface area contributed by atoms with E-state index >= 15 is 0 Å². The van der Waals surface area contributed by atoms with E-state index in [1.807, 2.05) is 13.8 Å². The second-order valence-corrected chi connectivity index (χ2v) is 6.35. The first kappa shape index (κ1) is 14.4. The smallest absolute Gasteiger partial charge is 0.263 e. The average Bonchev–Trinajstić information content (AvgIpc) is 2.80. The van der Waals surface area contributed by atoms with Crippen molar-refractivity contribution >= 4 is 21.5 Å². The third-order valence-electron chi connectivity index (χ3n) is 3.18. The van der Waals surface area contributed by atoms with Crippen molar-refractivity contribution in [2.24, 2.45) is 0 Å². The molecule has 0 saturated heterocycles. The van der Waals surface area contributed by atoms with Crippen LogP contribution in [0.5, 0.6) is 0 Å². The zero-order valence-corrected chi connectivity index (χ0v) is 12.5. The van der Waals surface area contributed by atoms with Gasteiger partial charge in [-0.05, 0) is 43.5 Å². The van der Waals surface area contributed by atoms with Crippen molar-refractivity contribution in [3.05, 3.63) is 35.0 Å². The fourth-order valence-electron chi connectivity index (χ4n) is 1.92. The Hall–Kier alpha value is -2.02. The van der Waals surface area contributed by atoms with Crippen LogP contribution in [0.1, 0.15) is 23.7 Å². The summed E-state index contributed by atoms with van der Waals surface area (Å²) in [4.78, 5) is 0.177. The van der Waals surface area contributed by atoms with Crippen LogP contribution in [-0.4, -0.2) is 18.6 Å². The summed E-state index contributed by atoms with van der Waals surface area (Å²) >= 11 is 0. The van der Waals surface area contributed by atoms with Crippen molar-refractivity contribution in [2.75, 3.05) is 10.5 Å². The van der Waals surface area contributed by atoms with Crippen molar-refractivity contribution in [1.29, 1.82) is 0 Å². The molecule has 0 aliphatic carbocycles. The Morgan fingerprint density at radius 2 is 2.00 bits per heavy atom. The molecule has 0 unspecified atom stereocenters. The highest BCUT2D eigenvalue weighted by atomic mass is 32.2. The van der Waals surface area contributed by atoms with Gasteiger partial charge in [0.2, 0.25) is 0 Å². The van der Waals surface area contributed by atoms with Crippen LogP contribution in [0.15, 0.2) is 23.1 Å². The van der Waals surface area contributed by atoms with Crippen LogP contribution < -0.4 is 10.5 Å². The molecule has 0 bridgehead atoms. The Balaban J connectivity index is 2.40. The number of nitrogens with zero attached hydrogens (tertiary/aromatic N) is 1. The van der Waals surface area contributed by atoms with Gasteiger partial charge in [0.05, 0.1) is 4.90 Å². The van der Waals surface area contributed by atoms with Crippen molar-refractivity contribution in [3.8, 4) is 0 Å². The van der Waals surface area contributed by atoms with E-state index in [2.05, 4.69) is 14.9 Å². The summed E-state index contributed by atoms with van der Waals surface area (Å²) in [5, 5.41) is 6.69. The van der Waals surface area contributed by atoms with Gasteiger partial charge >= 0.3 is 0 Å². The largest absolute Gasteiger partial charge is 0.399 e. The summed E-state index contributed by atoms with van der Waals surface area (Å²) in [6, 6.07) is 4.88. The minimum atomic E-state index is -3.70. The van der Waals surface area contributed by atoms with E-state index in [0.717, 1.165) is 17.7 Å². The summed E-state index contributed by atoms with van der Waals surface area (Å²) in [6.07, 6.45) is 0.755. The highest BCUT2D eigenvalue weighted by Crippen LogP contribution is 2.24. The van der Waals surface area contributed by atoms with Gasteiger partial charge < -0.3 is 5.73 Å². The van der Waals surface area contributed by atoms with Crippen molar-refractivity contribution in [3.63, 3.8) is 0 Å². The number of benzene rings is 1. The molecule has 2 aromatic rings. The van der Waals surface area contributed by atoms with Crippen LogP contribution in [0.4, 0.5) is 11.5 Å². The molecule has 4 N–H and O–H groups in total. The van der Waals surface area contributed by atoms with Gasteiger partial charge in [-0.1, -0.05) is 6.92 Å². The Bertz CT molecular complexity index is 735. The summed E-state index contributed by atoms with van der Waals surface area (Å²) < 4.78 is 27.3. The zero-order chi connectivity index (χ0) is 14.9. The van der Waals surface area contributed by atoms with E-state index < -0.39 is 10.0 Å². The van der Waals surface area contributed by atoms with Crippen molar-refractivity contribution in [2.45, 2.75) is 32.1 Å². The van der Waals surface area contributed by atoms with E-state index in [9.17, 15) is 8.42 Å². The van der Waals surface area contributed by atoms with Crippen LogP contribution >= 0.6 is 0 Å². The fraction of sp³-hybridized carbons (Fsp3) is 0.308. The number of nitrogens with two attached hydrogens (primary N) is 1. The highest BCUT2D eigenvalue weighted by molar-refractivity contribution is 7.92. The quantitative estimate of drug-likeness (QED) is 0.750. The maximum atomic E-state index is 12.4. The lowest BCUT2D eigenvalue weighted by Gasteiger charge is -2.11. The predicted molar refractivity (Wildman–Crippen MR) is 79.1 cm³/mol. The molecule has 6 nitrogen and oxygen atoms in total. The number of aromatic nitrogens is 2. The summed E-state index contributed by atoms with van der Waals surface area (Å²) in [7, 11) is -3.70. The lowest BCUT2D eigenvalue weighted by molar-refractivity contribution is 0.600. The molecular formula is C13H18N4O2S. The molecule has 7 heteroatoms. The molecule has 1 aromatic heterocycles. The van der Waals surface area contributed by atoms with Crippen LogP contribution in [0.2, 0.25) is 0 Å². The number of aryl methyl sites for hydroxylation is 2. The number of anilines is 2. The molecule has 0 saturated carbocycles. The number of nitrogen functional groups attached to an aromatic ring is 1. The predicted octanol–water partition coefficient (Wildman–Crippen LogP) is 1.97. The Morgan fingerprint density at radius 1 is 1.30 bits per heavy atom. The van der Waals surface area contributed by atoms with Gasteiger partial charge in [-0.25, -0.2) is 8.42 Å². The lowest BCUT2D eigenvalue weighted by Crippen LogP contribution is -2.15. The molecular weight excluding hydrogens is 276 g/mol. The van der Waals surface area contributed by atoms with Gasteiger partial charge in [-0.2, -0.15) is 5.10 Å². The second kappa shape index (κ2) is 5.16. The average molecular weight is 294 g/mol. The second-order valence-electron chi connectivity index (χ2n) is 4.70. The number of hydrogen-bond acceptors (Lipinski definition) is 4. The normalized spacial score (nSPS) is 11.6. The third-order valence-corrected chi connectivity index (χ3v) is 4.66. The van der Waals surface area contributed by atoms with Crippen LogP contribution in [-0.2, 0) is 16.4 Å². The number of rotatable bonds is 4. The molecule has 0 amide bonds. The molecule has 0 spiro atoms. The first-order chi connectivity index (χ1) is 9.33. The van der Waals surface area contributed by atoms with E-state index in [0.29, 0.717) is 11.3 Å². The van der Waals surface area contributed by atoms with E-state index in [4.69, 9.17) is 5.73 Å². The molecule has 0 aliphatic rings.